The van der Waals surface area contributed by atoms with E-state index in [1.165, 1.54) is 13.2 Å². The summed E-state index contributed by atoms with van der Waals surface area (Å²) in [4.78, 5) is 10.2. The summed E-state index contributed by atoms with van der Waals surface area (Å²) in [6.07, 6.45) is -0.341. The number of hydrogen-bond donors (Lipinski definition) is 2. The highest BCUT2D eigenvalue weighted by Crippen LogP contribution is 2.24. The van der Waals surface area contributed by atoms with Gasteiger partial charge >= 0.3 is 5.97 Å². The van der Waals surface area contributed by atoms with Gasteiger partial charge in [-0.25, -0.2) is 4.39 Å². The fourth-order valence-corrected chi connectivity index (χ4v) is 1.06. The van der Waals surface area contributed by atoms with Gasteiger partial charge in [0.25, 0.3) is 0 Å². The minimum absolute atomic E-state index is 0.0623. The van der Waals surface area contributed by atoms with Crippen LogP contribution in [0.25, 0.3) is 0 Å². The SMILES string of the molecule is COc1cc(C#CCC(=O)O)c(F)cc1N. The van der Waals surface area contributed by atoms with Gasteiger partial charge in [0.15, 0.2) is 0 Å². The average molecular weight is 223 g/mol. The van der Waals surface area contributed by atoms with Gasteiger partial charge in [0.1, 0.15) is 18.0 Å². The summed E-state index contributed by atoms with van der Waals surface area (Å²) < 4.78 is 18.2. The van der Waals surface area contributed by atoms with E-state index in [0.717, 1.165) is 6.07 Å². The molecular formula is C11H10FNO3. The number of halogens is 1. The lowest BCUT2D eigenvalue weighted by atomic mass is 10.1. The van der Waals surface area contributed by atoms with Crippen molar-refractivity contribution >= 4 is 11.7 Å². The van der Waals surface area contributed by atoms with Crippen molar-refractivity contribution in [3.8, 4) is 17.6 Å². The van der Waals surface area contributed by atoms with E-state index in [2.05, 4.69) is 11.8 Å². The van der Waals surface area contributed by atoms with E-state index in [9.17, 15) is 9.18 Å². The normalized spacial score (nSPS) is 9.12. The van der Waals surface area contributed by atoms with Gasteiger partial charge < -0.3 is 15.6 Å². The summed E-state index contributed by atoms with van der Waals surface area (Å²) in [6, 6.07) is 2.42. The summed E-state index contributed by atoms with van der Waals surface area (Å²) in [5.41, 5.74) is 5.70. The molecule has 5 heteroatoms. The van der Waals surface area contributed by atoms with Crippen LogP contribution in [0.5, 0.6) is 5.75 Å². The molecule has 0 aromatic heterocycles. The molecule has 1 aromatic rings. The second kappa shape index (κ2) is 5.03. The van der Waals surface area contributed by atoms with Crippen molar-refractivity contribution in [2.75, 3.05) is 12.8 Å². The topological polar surface area (TPSA) is 72.5 Å². The summed E-state index contributed by atoms with van der Waals surface area (Å²) >= 11 is 0. The summed E-state index contributed by atoms with van der Waals surface area (Å²) in [6.45, 7) is 0. The van der Waals surface area contributed by atoms with Crippen molar-refractivity contribution in [2.45, 2.75) is 6.42 Å². The Hall–Kier alpha value is -2.22. The minimum atomic E-state index is -1.06. The molecule has 1 rings (SSSR count). The van der Waals surface area contributed by atoms with Crippen LogP contribution >= 0.6 is 0 Å². The molecule has 1 aromatic carbocycles. The molecule has 0 spiro atoms. The highest BCUT2D eigenvalue weighted by molar-refractivity contribution is 5.70. The number of carboxylic acid groups (broad SMARTS) is 1. The molecule has 3 N–H and O–H groups in total. The maximum Gasteiger partial charge on any atom is 0.315 e. The van der Waals surface area contributed by atoms with E-state index >= 15 is 0 Å². The van der Waals surface area contributed by atoms with Gasteiger partial charge in [-0.3, -0.25) is 4.79 Å². The number of anilines is 1. The van der Waals surface area contributed by atoms with Crippen LogP contribution in [-0.4, -0.2) is 18.2 Å². The van der Waals surface area contributed by atoms with E-state index in [0.29, 0.717) is 5.75 Å². The number of ether oxygens (including phenoxy) is 1. The molecule has 0 saturated heterocycles. The van der Waals surface area contributed by atoms with Crippen molar-refractivity contribution in [2.24, 2.45) is 0 Å². The largest absolute Gasteiger partial charge is 0.495 e. The molecule has 4 nitrogen and oxygen atoms in total. The number of nitrogens with two attached hydrogens (primary N) is 1. The van der Waals surface area contributed by atoms with Crippen LogP contribution in [0.4, 0.5) is 10.1 Å². The molecule has 0 heterocycles. The number of carboxylic acids is 1. The number of carbonyl (C=O) groups is 1. The highest BCUT2D eigenvalue weighted by Gasteiger charge is 2.06. The Labute approximate surface area is 91.8 Å². The van der Waals surface area contributed by atoms with Gasteiger partial charge in [-0.1, -0.05) is 11.8 Å². The van der Waals surface area contributed by atoms with Crippen LogP contribution in [-0.2, 0) is 4.79 Å². The predicted octanol–water partition coefficient (Wildman–Crippen LogP) is 1.24. The molecule has 0 amide bonds. The Bertz CT molecular complexity index is 474. The lowest BCUT2D eigenvalue weighted by molar-refractivity contribution is -0.135. The van der Waals surface area contributed by atoms with Crippen LogP contribution in [0.15, 0.2) is 12.1 Å². The zero-order chi connectivity index (χ0) is 12.1. The van der Waals surface area contributed by atoms with Crippen molar-refractivity contribution < 1.29 is 19.0 Å². The third-order valence-electron chi connectivity index (χ3n) is 1.78. The number of hydrogen-bond acceptors (Lipinski definition) is 3. The van der Waals surface area contributed by atoms with Crippen molar-refractivity contribution in [3.63, 3.8) is 0 Å². The van der Waals surface area contributed by atoms with Crippen LogP contribution in [0.3, 0.4) is 0 Å². The molecule has 0 unspecified atom stereocenters. The number of nitrogen functional groups attached to an aromatic ring is 1. The summed E-state index contributed by atoms with van der Waals surface area (Å²) in [5.74, 6) is 3.38. The Balaban J connectivity index is 3.03. The van der Waals surface area contributed by atoms with Gasteiger partial charge in [0, 0.05) is 12.1 Å². The number of rotatable bonds is 2. The molecule has 0 fully saturated rings. The third kappa shape index (κ3) is 2.89. The number of benzene rings is 1. The van der Waals surface area contributed by atoms with E-state index in [1.54, 1.807) is 0 Å². The molecule has 0 aliphatic heterocycles. The van der Waals surface area contributed by atoms with Crippen LogP contribution in [0, 0.1) is 17.7 Å². The maximum absolute atomic E-state index is 13.3. The lowest BCUT2D eigenvalue weighted by Gasteiger charge is -2.05. The van der Waals surface area contributed by atoms with Crippen LogP contribution in [0.2, 0.25) is 0 Å². The van der Waals surface area contributed by atoms with Crippen molar-refractivity contribution in [3.05, 3.63) is 23.5 Å². The lowest BCUT2D eigenvalue weighted by Crippen LogP contribution is -1.96. The fraction of sp³-hybridized carbons (Fsp3) is 0.182. The van der Waals surface area contributed by atoms with E-state index in [1.807, 2.05) is 0 Å². The van der Waals surface area contributed by atoms with Crippen LogP contribution < -0.4 is 10.5 Å². The molecule has 0 saturated carbocycles. The fourth-order valence-electron chi connectivity index (χ4n) is 1.06. The average Bonchev–Trinajstić information content (AvgIpc) is 2.20. The third-order valence-corrected chi connectivity index (χ3v) is 1.78. The molecule has 0 bridgehead atoms. The Kier molecular flexibility index (Phi) is 3.72. The zero-order valence-electron chi connectivity index (χ0n) is 8.58. The quantitative estimate of drug-likeness (QED) is 0.584. The summed E-state index contributed by atoms with van der Waals surface area (Å²) in [7, 11) is 1.40. The molecule has 0 aliphatic rings. The Morgan fingerprint density at radius 3 is 2.88 bits per heavy atom. The first-order valence-electron chi connectivity index (χ1n) is 4.38. The minimum Gasteiger partial charge on any atom is -0.495 e. The Morgan fingerprint density at radius 1 is 1.62 bits per heavy atom. The Morgan fingerprint density at radius 2 is 2.31 bits per heavy atom. The van der Waals surface area contributed by atoms with Crippen LogP contribution in [0.1, 0.15) is 12.0 Å². The van der Waals surface area contributed by atoms with E-state index in [-0.39, 0.29) is 17.7 Å². The molecular weight excluding hydrogens is 213 g/mol. The van der Waals surface area contributed by atoms with Crippen molar-refractivity contribution in [1.82, 2.24) is 0 Å². The number of aliphatic carboxylic acids is 1. The van der Waals surface area contributed by atoms with Gasteiger partial charge in [-0.2, -0.15) is 0 Å². The first-order chi connectivity index (χ1) is 7.54. The maximum atomic E-state index is 13.3. The second-order valence-corrected chi connectivity index (χ2v) is 2.95. The molecule has 0 aliphatic carbocycles. The smallest absolute Gasteiger partial charge is 0.315 e. The number of methoxy groups -OCH3 is 1. The van der Waals surface area contributed by atoms with Gasteiger partial charge in [-0.05, 0) is 0 Å². The van der Waals surface area contributed by atoms with Gasteiger partial charge in [0.2, 0.25) is 0 Å². The first kappa shape index (κ1) is 11.9. The van der Waals surface area contributed by atoms with E-state index in [4.69, 9.17) is 15.6 Å². The highest BCUT2D eigenvalue weighted by atomic mass is 19.1. The molecule has 0 atom stereocenters. The molecule has 0 radical (unpaired) electrons. The standard InChI is InChI=1S/C11H10FNO3/c1-16-10-5-7(3-2-4-11(14)15)8(12)6-9(10)13/h5-6H,4,13H2,1H3,(H,14,15). The van der Waals surface area contributed by atoms with Crippen molar-refractivity contribution in [1.29, 1.82) is 0 Å². The first-order valence-corrected chi connectivity index (χ1v) is 4.38. The van der Waals surface area contributed by atoms with Gasteiger partial charge in [-0.15, -0.1) is 0 Å². The van der Waals surface area contributed by atoms with Gasteiger partial charge in [0.05, 0.1) is 18.4 Å². The monoisotopic (exact) mass is 223 g/mol. The molecule has 16 heavy (non-hydrogen) atoms. The molecule has 84 valence electrons. The summed E-state index contributed by atoms with van der Waals surface area (Å²) in [5, 5.41) is 8.36. The van der Waals surface area contributed by atoms with E-state index < -0.39 is 11.8 Å². The predicted molar refractivity (Wildman–Crippen MR) is 56.5 cm³/mol. The zero-order valence-corrected chi connectivity index (χ0v) is 8.58. The second-order valence-electron chi connectivity index (χ2n) is 2.95.